The van der Waals surface area contributed by atoms with Gasteiger partial charge in [-0.3, -0.25) is 4.79 Å². The Morgan fingerprint density at radius 1 is 1.25 bits per heavy atom. The molecule has 5 heteroatoms. The van der Waals surface area contributed by atoms with E-state index in [9.17, 15) is 4.79 Å². The molecule has 0 aliphatic carbocycles. The van der Waals surface area contributed by atoms with Gasteiger partial charge in [0.15, 0.2) is 0 Å². The van der Waals surface area contributed by atoms with Crippen LogP contribution in [-0.2, 0) is 11.2 Å². The predicted molar refractivity (Wildman–Crippen MR) is 84.9 cm³/mol. The number of nitrogens with zero attached hydrogens (tertiary/aromatic N) is 1. The Balaban J connectivity index is 2.09. The first-order valence-corrected chi connectivity index (χ1v) is 7.10. The zero-order chi connectivity index (χ0) is 14.5. The molecule has 0 atom stereocenters. The Hall–Kier alpha value is -1.77. The van der Waals surface area contributed by atoms with Gasteiger partial charge in [0, 0.05) is 9.37 Å². The van der Waals surface area contributed by atoms with E-state index in [0.717, 1.165) is 14.9 Å². The van der Waals surface area contributed by atoms with E-state index in [2.05, 4.69) is 39.9 Å². The molecule has 0 bridgehead atoms. The summed E-state index contributed by atoms with van der Waals surface area (Å²) in [7, 11) is 0. The summed E-state index contributed by atoms with van der Waals surface area (Å²) in [6.45, 7) is 0. The summed E-state index contributed by atoms with van der Waals surface area (Å²) in [6.07, 6.45) is 0.259. The Morgan fingerprint density at radius 3 is 2.60 bits per heavy atom. The highest BCUT2D eigenvalue weighted by atomic mass is 79.9. The van der Waals surface area contributed by atoms with Crippen LogP contribution in [0.1, 0.15) is 11.1 Å². The monoisotopic (exact) mass is 346 g/mol. The Labute approximate surface area is 131 Å². The molecular formula is C15H11BrN2OS. The van der Waals surface area contributed by atoms with Crippen molar-refractivity contribution in [2.24, 2.45) is 0 Å². The molecule has 0 saturated heterocycles. The summed E-state index contributed by atoms with van der Waals surface area (Å²) >= 11 is 7.49. The topological polar surface area (TPSA) is 52.9 Å². The van der Waals surface area contributed by atoms with Gasteiger partial charge in [-0.15, -0.1) is 12.6 Å². The fourth-order valence-electron chi connectivity index (χ4n) is 1.71. The van der Waals surface area contributed by atoms with Gasteiger partial charge >= 0.3 is 0 Å². The van der Waals surface area contributed by atoms with Crippen LogP contribution in [-0.4, -0.2) is 5.91 Å². The molecule has 2 aromatic rings. The number of nitriles is 1. The summed E-state index contributed by atoms with van der Waals surface area (Å²) in [5, 5.41) is 11.8. The lowest BCUT2D eigenvalue weighted by molar-refractivity contribution is -0.115. The van der Waals surface area contributed by atoms with Gasteiger partial charge in [0.25, 0.3) is 0 Å². The largest absolute Gasteiger partial charge is 0.325 e. The lowest BCUT2D eigenvalue weighted by atomic mass is 10.1. The van der Waals surface area contributed by atoms with Crippen LogP contribution in [0.2, 0.25) is 0 Å². The van der Waals surface area contributed by atoms with Crippen molar-refractivity contribution in [3.8, 4) is 6.07 Å². The minimum atomic E-state index is -0.157. The zero-order valence-electron chi connectivity index (χ0n) is 10.4. The number of nitrogens with one attached hydrogen (secondary N) is 1. The molecule has 2 rings (SSSR count). The fourth-order valence-corrected chi connectivity index (χ4v) is 2.22. The van der Waals surface area contributed by atoms with Gasteiger partial charge in [-0.05, 0) is 35.9 Å². The van der Waals surface area contributed by atoms with Crippen LogP contribution in [0.15, 0.2) is 51.8 Å². The third-order valence-corrected chi connectivity index (χ3v) is 3.47. The highest BCUT2D eigenvalue weighted by molar-refractivity contribution is 9.10. The number of hydrogen-bond donors (Lipinski definition) is 2. The molecule has 0 aromatic heterocycles. The highest BCUT2D eigenvalue weighted by Crippen LogP contribution is 2.20. The Bertz CT molecular complexity index is 677. The average molecular weight is 347 g/mol. The summed E-state index contributed by atoms with van der Waals surface area (Å²) < 4.78 is 0.802. The second kappa shape index (κ2) is 6.60. The molecule has 0 spiro atoms. The van der Waals surface area contributed by atoms with Crippen molar-refractivity contribution in [3.05, 3.63) is 58.1 Å². The second-order valence-electron chi connectivity index (χ2n) is 4.19. The molecule has 100 valence electrons. The van der Waals surface area contributed by atoms with Gasteiger partial charge in [0.05, 0.1) is 17.7 Å². The van der Waals surface area contributed by atoms with Crippen LogP contribution in [0.4, 0.5) is 5.69 Å². The van der Waals surface area contributed by atoms with Crippen molar-refractivity contribution in [1.82, 2.24) is 0 Å². The molecule has 0 aliphatic heterocycles. The van der Waals surface area contributed by atoms with E-state index in [1.165, 1.54) is 0 Å². The van der Waals surface area contributed by atoms with Crippen LogP contribution >= 0.6 is 28.6 Å². The van der Waals surface area contributed by atoms with Crippen LogP contribution in [0.25, 0.3) is 0 Å². The van der Waals surface area contributed by atoms with Crippen LogP contribution in [0, 0.1) is 11.3 Å². The van der Waals surface area contributed by atoms with Gasteiger partial charge in [-0.1, -0.05) is 28.1 Å². The molecule has 1 N–H and O–H groups in total. The number of hydrogen-bond acceptors (Lipinski definition) is 3. The van der Waals surface area contributed by atoms with E-state index in [4.69, 9.17) is 5.26 Å². The first-order valence-electron chi connectivity index (χ1n) is 5.86. The van der Waals surface area contributed by atoms with Crippen LogP contribution < -0.4 is 5.32 Å². The smallest absolute Gasteiger partial charge is 0.228 e. The Morgan fingerprint density at radius 2 is 1.95 bits per heavy atom. The predicted octanol–water partition coefficient (Wildman–Crippen LogP) is 3.79. The molecule has 0 saturated carbocycles. The normalized spacial score (nSPS) is 9.85. The number of benzene rings is 2. The maximum atomic E-state index is 12.0. The van der Waals surface area contributed by atoms with E-state index in [-0.39, 0.29) is 12.3 Å². The lowest BCUT2D eigenvalue weighted by Crippen LogP contribution is -2.15. The summed E-state index contributed by atoms with van der Waals surface area (Å²) in [5.74, 6) is -0.157. The zero-order valence-corrected chi connectivity index (χ0v) is 12.9. The van der Waals surface area contributed by atoms with Gasteiger partial charge in [0.1, 0.15) is 6.07 Å². The molecule has 0 aliphatic rings. The quantitative estimate of drug-likeness (QED) is 0.830. The van der Waals surface area contributed by atoms with Crippen LogP contribution in [0.3, 0.4) is 0 Å². The van der Waals surface area contributed by atoms with E-state index < -0.39 is 0 Å². The number of rotatable bonds is 3. The van der Waals surface area contributed by atoms with Gasteiger partial charge < -0.3 is 5.32 Å². The lowest BCUT2D eigenvalue weighted by Gasteiger charge is -2.07. The molecule has 3 nitrogen and oxygen atoms in total. The van der Waals surface area contributed by atoms with Gasteiger partial charge in [-0.25, -0.2) is 0 Å². The number of carbonyl (C=O) groups excluding carboxylic acids is 1. The number of thiol groups is 1. The van der Waals surface area contributed by atoms with Crippen molar-refractivity contribution in [2.75, 3.05) is 5.32 Å². The summed E-state index contributed by atoms with van der Waals surface area (Å²) in [4.78, 5) is 12.8. The van der Waals surface area contributed by atoms with Gasteiger partial charge in [0.2, 0.25) is 5.91 Å². The maximum absolute atomic E-state index is 12.0. The highest BCUT2D eigenvalue weighted by Gasteiger charge is 2.08. The molecule has 2 aromatic carbocycles. The maximum Gasteiger partial charge on any atom is 0.228 e. The molecule has 0 unspecified atom stereocenters. The summed E-state index contributed by atoms with van der Waals surface area (Å²) in [5.41, 5.74) is 1.85. The Kier molecular flexibility index (Phi) is 4.83. The van der Waals surface area contributed by atoms with Crippen molar-refractivity contribution in [2.45, 2.75) is 11.3 Å². The minimum absolute atomic E-state index is 0.157. The first kappa shape index (κ1) is 14.6. The summed E-state index contributed by atoms with van der Waals surface area (Å²) in [6, 6.07) is 14.6. The fraction of sp³-hybridized carbons (Fsp3) is 0.0667. The average Bonchev–Trinajstić information content (AvgIpc) is 2.43. The SMILES string of the molecule is N#Cc1cc(Br)ccc1NC(=O)Cc1ccc(S)cc1. The standard InChI is InChI=1S/C15H11BrN2OS/c16-12-3-6-14(11(8-12)9-17)18-15(19)7-10-1-4-13(20)5-2-10/h1-6,8,20H,7H2,(H,18,19). The third kappa shape index (κ3) is 3.86. The number of halogens is 1. The van der Waals surface area contributed by atoms with Crippen LogP contribution in [0.5, 0.6) is 0 Å². The van der Waals surface area contributed by atoms with E-state index in [1.807, 2.05) is 24.3 Å². The van der Waals surface area contributed by atoms with E-state index >= 15 is 0 Å². The second-order valence-corrected chi connectivity index (χ2v) is 5.63. The molecule has 0 fully saturated rings. The molecule has 1 amide bonds. The molecular weight excluding hydrogens is 336 g/mol. The van der Waals surface area contributed by atoms with E-state index in [1.54, 1.807) is 18.2 Å². The van der Waals surface area contributed by atoms with E-state index in [0.29, 0.717) is 11.3 Å². The third-order valence-electron chi connectivity index (χ3n) is 2.68. The number of amides is 1. The minimum Gasteiger partial charge on any atom is -0.325 e. The molecule has 0 heterocycles. The molecule has 0 radical (unpaired) electrons. The van der Waals surface area contributed by atoms with Gasteiger partial charge in [-0.2, -0.15) is 5.26 Å². The number of anilines is 1. The first-order chi connectivity index (χ1) is 9.58. The van der Waals surface area contributed by atoms with Crippen molar-refractivity contribution < 1.29 is 4.79 Å². The van der Waals surface area contributed by atoms with Crippen molar-refractivity contribution in [1.29, 1.82) is 5.26 Å². The number of carbonyl (C=O) groups is 1. The van der Waals surface area contributed by atoms with Crippen molar-refractivity contribution in [3.63, 3.8) is 0 Å². The van der Waals surface area contributed by atoms with Crippen molar-refractivity contribution >= 4 is 40.2 Å². The molecule has 20 heavy (non-hydrogen) atoms.